The van der Waals surface area contributed by atoms with E-state index in [4.69, 9.17) is 10.2 Å². The summed E-state index contributed by atoms with van der Waals surface area (Å²) in [4.78, 5) is 24.6. The molecule has 1 aliphatic heterocycles. The van der Waals surface area contributed by atoms with E-state index in [1.807, 2.05) is 21.1 Å². The first kappa shape index (κ1) is 23.5. The molecule has 1 heterocycles. The molecule has 0 aromatic carbocycles. The van der Waals surface area contributed by atoms with Gasteiger partial charge >= 0.3 is 41.5 Å². The fraction of sp³-hybridized carbons (Fsp3) is 0.615. The van der Waals surface area contributed by atoms with Crippen LogP contribution in [0.3, 0.4) is 0 Å². The van der Waals surface area contributed by atoms with Crippen LogP contribution in [0.25, 0.3) is 0 Å². The van der Waals surface area contributed by atoms with E-state index in [2.05, 4.69) is 4.99 Å². The Morgan fingerprint density at radius 3 is 1.95 bits per heavy atom. The summed E-state index contributed by atoms with van der Waals surface area (Å²) in [6, 6.07) is -0.734. The van der Waals surface area contributed by atoms with E-state index >= 15 is 0 Å². The maximum absolute atomic E-state index is 10.8. The topological polar surface area (TPSA) is 107 Å². The van der Waals surface area contributed by atoms with Crippen molar-refractivity contribution >= 4 is 18.3 Å². The maximum atomic E-state index is 10.8. The summed E-state index contributed by atoms with van der Waals surface area (Å²) < 4.78 is 0.338. The minimum absolute atomic E-state index is 0. The molecule has 0 radical (unpaired) electrons. The summed E-state index contributed by atoms with van der Waals surface area (Å²) in [5.74, 6) is -1.71. The van der Waals surface area contributed by atoms with E-state index in [-0.39, 0.29) is 42.0 Å². The molecule has 122 valence electrons. The third-order valence-electron chi connectivity index (χ3n) is 2.96. The van der Waals surface area contributed by atoms with Crippen LogP contribution < -0.4 is 29.6 Å². The van der Waals surface area contributed by atoms with Crippen molar-refractivity contribution in [1.29, 1.82) is 0 Å². The van der Waals surface area contributed by atoms with Gasteiger partial charge in [-0.3, -0.25) is 0 Å². The Bertz CT molecular complexity index is 437. The monoisotopic (exact) mass is 327 g/mol. The number of aliphatic carboxylic acids is 2. The SMILES string of the molecule is CC(O)[N+]1(C(C)C(=O)O)C=CN=C1.C[N+](C)(C)CC(=O)O.[H-].[Na+]. The van der Waals surface area contributed by atoms with Crippen molar-refractivity contribution in [1.82, 2.24) is 0 Å². The summed E-state index contributed by atoms with van der Waals surface area (Å²) in [7, 11) is 5.52. The number of aliphatic hydroxyl groups is 1. The van der Waals surface area contributed by atoms with Crippen LogP contribution in [0.15, 0.2) is 17.4 Å². The van der Waals surface area contributed by atoms with Crippen LogP contribution in [0.4, 0.5) is 0 Å². The van der Waals surface area contributed by atoms with Gasteiger partial charge in [-0.25, -0.2) is 19.1 Å². The number of rotatable bonds is 5. The summed E-state index contributed by atoms with van der Waals surface area (Å²) in [6.07, 6.45) is 3.69. The molecule has 8 nitrogen and oxygen atoms in total. The molecule has 0 aliphatic carbocycles. The second-order valence-corrected chi connectivity index (χ2v) is 5.95. The number of carbonyl (C=O) groups is 2. The Labute approximate surface area is 154 Å². The number of carboxylic acid groups (broad SMARTS) is 2. The third kappa shape index (κ3) is 7.48. The molecule has 0 aromatic rings. The first-order chi connectivity index (χ1) is 9.42. The molecule has 22 heavy (non-hydrogen) atoms. The Morgan fingerprint density at radius 2 is 1.77 bits per heavy atom. The summed E-state index contributed by atoms with van der Waals surface area (Å²) in [5.41, 5.74) is 0. The largest absolute Gasteiger partial charge is 1.00 e. The van der Waals surface area contributed by atoms with Crippen LogP contribution >= 0.6 is 0 Å². The van der Waals surface area contributed by atoms with Crippen molar-refractivity contribution in [3.63, 3.8) is 0 Å². The predicted molar refractivity (Wildman–Crippen MR) is 78.3 cm³/mol. The Hall–Kier alpha value is -0.770. The molecule has 1 aliphatic rings. The molecule has 9 heteroatoms. The van der Waals surface area contributed by atoms with Gasteiger partial charge in [-0.2, -0.15) is 0 Å². The van der Waals surface area contributed by atoms with Crippen molar-refractivity contribution in [3.05, 3.63) is 12.4 Å². The second kappa shape index (κ2) is 9.39. The van der Waals surface area contributed by atoms with Gasteiger partial charge in [0, 0.05) is 6.92 Å². The van der Waals surface area contributed by atoms with Gasteiger partial charge in [-0.05, 0) is 6.92 Å². The minimum Gasteiger partial charge on any atom is -1.00 e. The number of hydrogen-bond acceptors (Lipinski definition) is 4. The Kier molecular flexibility index (Phi) is 10.0. The van der Waals surface area contributed by atoms with Crippen LogP contribution in [-0.4, -0.2) is 82.5 Å². The van der Waals surface area contributed by atoms with Gasteiger partial charge in [0.2, 0.25) is 0 Å². The molecule has 0 saturated carbocycles. The molecule has 3 atom stereocenters. The fourth-order valence-corrected chi connectivity index (χ4v) is 1.72. The van der Waals surface area contributed by atoms with Crippen molar-refractivity contribution in [2.75, 3.05) is 27.7 Å². The molecular formula is C13H26N3NaO5+2. The van der Waals surface area contributed by atoms with Crippen LogP contribution in [0.2, 0.25) is 0 Å². The van der Waals surface area contributed by atoms with Crippen LogP contribution in [0.5, 0.6) is 0 Å². The quantitative estimate of drug-likeness (QED) is 0.369. The number of carboxylic acids is 2. The first-order valence-electron chi connectivity index (χ1n) is 6.45. The molecule has 0 fully saturated rings. The van der Waals surface area contributed by atoms with Gasteiger partial charge < -0.3 is 21.2 Å². The van der Waals surface area contributed by atoms with Gasteiger partial charge in [0.25, 0.3) is 0 Å². The maximum Gasteiger partial charge on any atom is 1.00 e. The first-order valence-corrected chi connectivity index (χ1v) is 6.45. The number of hydrogen-bond donors (Lipinski definition) is 3. The average molecular weight is 327 g/mol. The molecule has 0 amide bonds. The molecule has 3 unspecified atom stereocenters. The zero-order valence-corrected chi connectivity index (χ0v) is 16.1. The van der Waals surface area contributed by atoms with E-state index in [0.29, 0.717) is 4.48 Å². The Balaban J connectivity index is -0.000000353. The van der Waals surface area contributed by atoms with Crippen molar-refractivity contribution in [2.24, 2.45) is 4.99 Å². The van der Waals surface area contributed by atoms with Gasteiger partial charge in [0.05, 0.1) is 27.3 Å². The van der Waals surface area contributed by atoms with Crippen molar-refractivity contribution < 1.29 is 64.9 Å². The van der Waals surface area contributed by atoms with E-state index in [1.54, 1.807) is 13.1 Å². The third-order valence-corrected chi connectivity index (χ3v) is 2.96. The zero-order chi connectivity index (χ0) is 16.8. The molecule has 0 aromatic heterocycles. The molecule has 1 rings (SSSR count). The number of aliphatic hydroxyl groups excluding tert-OH is 1. The number of nitrogens with zero attached hydrogens (tertiary/aromatic N) is 3. The molecule has 3 N–H and O–H groups in total. The smallest absolute Gasteiger partial charge is 1.00 e. The Morgan fingerprint density at radius 1 is 1.27 bits per heavy atom. The van der Waals surface area contributed by atoms with Gasteiger partial charge in [0.1, 0.15) is 6.20 Å². The summed E-state index contributed by atoms with van der Waals surface area (Å²) in [6.45, 7) is 3.26. The van der Waals surface area contributed by atoms with Gasteiger partial charge in [-0.15, -0.1) is 0 Å². The standard InChI is InChI=1S/C8H12N2O3.C5H11NO2.Na.H/c1-6(8(12)13)10(7(2)11)4-3-9-5-10;1-6(2,3)4-5(7)8;;/h3-7,11H,1-2H3;4H2,1-3H3;;/q;;+1;-1/p+2. The van der Waals surface area contributed by atoms with E-state index in [1.165, 1.54) is 19.5 Å². The second-order valence-electron chi connectivity index (χ2n) is 5.95. The molecule has 0 saturated heterocycles. The number of quaternary nitrogens is 2. The fourth-order valence-electron chi connectivity index (χ4n) is 1.72. The van der Waals surface area contributed by atoms with E-state index in [9.17, 15) is 14.7 Å². The van der Waals surface area contributed by atoms with Crippen molar-refractivity contribution in [3.8, 4) is 0 Å². The van der Waals surface area contributed by atoms with E-state index in [0.717, 1.165) is 0 Å². The van der Waals surface area contributed by atoms with Crippen LogP contribution in [0, 0.1) is 0 Å². The van der Waals surface area contributed by atoms with Crippen LogP contribution in [-0.2, 0) is 9.59 Å². The van der Waals surface area contributed by atoms with Gasteiger partial charge in [0.15, 0.2) is 25.2 Å². The minimum atomic E-state index is -0.959. The van der Waals surface area contributed by atoms with Gasteiger partial charge in [-0.1, -0.05) is 0 Å². The van der Waals surface area contributed by atoms with E-state index < -0.39 is 24.2 Å². The number of likely N-dealkylation sites (N-methyl/N-ethyl adjacent to an activating group) is 1. The van der Waals surface area contributed by atoms with Crippen LogP contribution in [0.1, 0.15) is 15.3 Å². The zero-order valence-electron chi connectivity index (χ0n) is 15.1. The number of aliphatic imine (C=N–C) groups is 1. The summed E-state index contributed by atoms with van der Waals surface area (Å²) in [5, 5.41) is 26.6. The predicted octanol–water partition coefficient (Wildman–Crippen LogP) is -2.98. The normalized spacial score (nSPS) is 22.1. The van der Waals surface area contributed by atoms with Crippen molar-refractivity contribution in [2.45, 2.75) is 26.1 Å². The molecule has 0 spiro atoms. The molecule has 0 bridgehead atoms. The average Bonchev–Trinajstić information content (AvgIpc) is 2.75. The molecular weight excluding hydrogens is 301 g/mol. The summed E-state index contributed by atoms with van der Waals surface area (Å²) >= 11 is 0.